The summed E-state index contributed by atoms with van der Waals surface area (Å²) in [5, 5.41) is 3.17. The Balaban J connectivity index is 1.48. The maximum Gasteiger partial charge on any atom is 0.227 e. The van der Waals surface area contributed by atoms with E-state index in [0.717, 1.165) is 64.7 Å². The average Bonchev–Trinajstić information content (AvgIpc) is 3.37. The van der Waals surface area contributed by atoms with E-state index in [1.54, 1.807) is 0 Å². The number of piperidine rings is 2. The molecule has 24 heavy (non-hydrogen) atoms. The van der Waals surface area contributed by atoms with Gasteiger partial charge in [0, 0.05) is 37.1 Å². The Morgan fingerprint density at radius 2 is 1.62 bits per heavy atom. The van der Waals surface area contributed by atoms with Gasteiger partial charge in [0.2, 0.25) is 11.8 Å². The van der Waals surface area contributed by atoms with Crippen LogP contribution in [0.5, 0.6) is 0 Å². The van der Waals surface area contributed by atoms with E-state index < -0.39 is 0 Å². The molecule has 0 unspecified atom stereocenters. The van der Waals surface area contributed by atoms with Crippen LogP contribution in [0.2, 0.25) is 0 Å². The molecular formula is C19H33N3O2. The first kappa shape index (κ1) is 17.7. The summed E-state index contributed by atoms with van der Waals surface area (Å²) in [6.45, 7) is 9.70. The quantitative estimate of drug-likeness (QED) is 0.858. The molecule has 0 aromatic carbocycles. The fourth-order valence-electron chi connectivity index (χ4n) is 4.01. The highest BCUT2D eigenvalue weighted by molar-refractivity contribution is 5.81. The van der Waals surface area contributed by atoms with Crippen molar-refractivity contribution in [3.8, 4) is 0 Å². The van der Waals surface area contributed by atoms with Crippen molar-refractivity contribution in [3.63, 3.8) is 0 Å². The fraction of sp³-hybridized carbons (Fsp3) is 0.895. The minimum atomic E-state index is -0.288. The molecule has 3 aliphatic rings. The van der Waals surface area contributed by atoms with Gasteiger partial charge in [-0.15, -0.1) is 0 Å². The third-order valence-corrected chi connectivity index (χ3v) is 5.66. The second-order valence-electron chi connectivity index (χ2n) is 8.89. The number of hydrogen-bond donors (Lipinski definition) is 1. The normalized spacial score (nSPS) is 27.1. The summed E-state index contributed by atoms with van der Waals surface area (Å²) >= 11 is 0. The maximum atomic E-state index is 12.4. The largest absolute Gasteiger partial charge is 0.353 e. The molecule has 2 aliphatic heterocycles. The Labute approximate surface area is 146 Å². The molecule has 136 valence electrons. The van der Waals surface area contributed by atoms with Gasteiger partial charge in [0.05, 0.1) is 5.92 Å². The van der Waals surface area contributed by atoms with Crippen LogP contribution in [0.4, 0.5) is 0 Å². The first-order valence-corrected chi connectivity index (χ1v) is 9.68. The molecule has 1 atom stereocenters. The lowest BCUT2D eigenvalue weighted by molar-refractivity contribution is -0.141. The Bertz CT molecular complexity index is 473. The van der Waals surface area contributed by atoms with E-state index in [1.165, 1.54) is 0 Å². The molecule has 0 bridgehead atoms. The molecule has 3 fully saturated rings. The molecule has 3 rings (SSSR count). The van der Waals surface area contributed by atoms with E-state index in [1.807, 2.05) is 25.7 Å². The lowest BCUT2D eigenvalue weighted by atomic mass is 9.91. The molecule has 2 heterocycles. The Morgan fingerprint density at radius 3 is 2.21 bits per heavy atom. The molecule has 0 aromatic rings. The summed E-state index contributed by atoms with van der Waals surface area (Å²) in [6, 6.07) is 0.991. The van der Waals surface area contributed by atoms with Crippen LogP contribution < -0.4 is 5.32 Å². The third-order valence-electron chi connectivity index (χ3n) is 5.66. The Morgan fingerprint density at radius 1 is 0.958 bits per heavy atom. The molecule has 1 N–H and O–H groups in total. The summed E-state index contributed by atoms with van der Waals surface area (Å²) in [5.41, 5.74) is -0.288. The summed E-state index contributed by atoms with van der Waals surface area (Å²) < 4.78 is 0. The molecule has 2 amide bonds. The lowest BCUT2D eigenvalue weighted by Gasteiger charge is -2.43. The van der Waals surface area contributed by atoms with Crippen molar-refractivity contribution in [1.82, 2.24) is 15.1 Å². The van der Waals surface area contributed by atoms with E-state index in [9.17, 15) is 9.59 Å². The van der Waals surface area contributed by atoms with Gasteiger partial charge < -0.3 is 10.2 Å². The molecular weight excluding hydrogens is 302 g/mol. The number of amides is 2. The zero-order valence-electron chi connectivity index (χ0n) is 15.5. The highest BCUT2D eigenvalue weighted by Gasteiger charge is 2.35. The van der Waals surface area contributed by atoms with Gasteiger partial charge in [-0.2, -0.15) is 0 Å². The molecule has 0 aromatic heterocycles. The number of carbonyl (C=O) groups is 2. The molecule has 5 nitrogen and oxygen atoms in total. The smallest absolute Gasteiger partial charge is 0.227 e. The van der Waals surface area contributed by atoms with Crippen molar-refractivity contribution in [2.45, 2.75) is 71.4 Å². The molecule has 2 saturated heterocycles. The van der Waals surface area contributed by atoms with E-state index in [4.69, 9.17) is 0 Å². The molecule has 1 saturated carbocycles. The van der Waals surface area contributed by atoms with E-state index in [2.05, 4.69) is 10.2 Å². The first-order chi connectivity index (χ1) is 11.3. The van der Waals surface area contributed by atoms with Crippen molar-refractivity contribution in [2.75, 3.05) is 26.2 Å². The topological polar surface area (TPSA) is 52.7 Å². The van der Waals surface area contributed by atoms with Gasteiger partial charge in [0.1, 0.15) is 0 Å². The lowest BCUT2D eigenvalue weighted by Crippen LogP contribution is -2.52. The first-order valence-electron chi connectivity index (χ1n) is 9.68. The Kier molecular flexibility index (Phi) is 5.19. The van der Waals surface area contributed by atoms with Crippen molar-refractivity contribution < 1.29 is 9.59 Å². The SMILES string of the molecule is CC(C)(C)C(=O)N1CCC(N2CCC[C@@H](C(=O)NC3CC3)C2)CC1. The molecule has 1 aliphatic carbocycles. The summed E-state index contributed by atoms with van der Waals surface area (Å²) in [4.78, 5) is 29.3. The van der Waals surface area contributed by atoms with Crippen LogP contribution in [0.1, 0.15) is 59.3 Å². The van der Waals surface area contributed by atoms with Crippen LogP contribution in [-0.4, -0.2) is 59.9 Å². The van der Waals surface area contributed by atoms with Crippen LogP contribution in [0.3, 0.4) is 0 Å². The number of nitrogens with zero attached hydrogens (tertiary/aromatic N) is 2. The van der Waals surface area contributed by atoms with Crippen LogP contribution in [-0.2, 0) is 9.59 Å². The van der Waals surface area contributed by atoms with E-state index >= 15 is 0 Å². The number of rotatable bonds is 3. The van der Waals surface area contributed by atoms with Crippen molar-refractivity contribution in [3.05, 3.63) is 0 Å². The number of hydrogen-bond acceptors (Lipinski definition) is 3. The van der Waals surface area contributed by atoms with E-state index in [0.29, 0.717) is 12.1 Å². The molecule has 0 spiro atoms. The fourth-order valence-corrected chi connectivity index (χ4v) is 4.01. The summed E-state index contributed by atoms with van der Waals surface area (Å²) in [6.07, 6.45) is 6.53. The van der Waals surface area contributed by atoms with Crippen molar-refractivity contribution in [2.24, 2.45) is 11.3 Å². The highest BCUT2D eigenvalue weighted by atomic mass is 16.2. The number of carbonyl (C=O) groups excluding carboxylic acids is 2. The van der Waals surface area contributed by atoms with Gasteiger partial charge in [-0.05, 0) is 45.1 Å². The minimum absolute atomic E-state index is 0.161. The zero-order valence-corrected chi connectivity index (χ0v) is 15.5. The van der Waals surface area contributed by atoms with E-state index in [-0.39, 0.29) is 23.1 Å². The van der Waals surface area contributed by atoms with Gasteiger partial charge in [0.15, 0.2) is 0 Å². The van der Waals surface area contributed by atoms with Crippen LogP contribution in [0.25, 0.3) is 0 Å². The number of likely N-dealkylation sites (tertiary alicyclic amines) is 2. The minimum Gasteiger partial charge on any atom is -0.353 e. The standard InChI is InChI=1S/C19H33N3O2/c1-19(2,3)18(24)21-11-8-16(9-12-21)22-10-4-5-14(13-22)17(23)20-15-6-7-15/h14-16H,4-13H2,1-3H3,(H,20,23)/t14-/m1/s1. The van der Waals surface area contributed by atoms with Gasteiger partial charge in [-0.25, -0.2) is 0 Å². The maximum absolute atomic E-state index is 12.4. The van der Waals surface area contributed by atoms with Gasteiger partial charge >= 0.3 is 0 Å². The second kappa shape index (κ2) is 7.03. The predicted molar refractivity (Wildman–Crippen MR) is 94.5 cm³/mol. The van der Waals surface area contributed by atoms with Crippen LogP contribution in [0.15, 0.2) is 0 Å². The van der Waals surface area contributed by atoms with Crippen LogP contribution >= 0.6 is 0 Å². The van der Waals surface area contributed by atoms with Crippen LogP contribution in [0, 0.1) is 11.3 Å². The number of nitrogens with one attached hydrogen (secondary N) is 1. The van der Waals surface area contributed by atoms with Gasteiger partial charge in [-0.3, -0.25) is 14.5 Å². The average molecular weight is 335 g/mol. The second-order valence-corrected chi connectivity index (χ2v) is 8.89. The highest BCUT2D eigenvalue weighted by Crippen LogP contribution is 2.27. The summed E-state index contributed by atoms with van der Waals surface area (Å²) in [7, 11) is 0. The van der Waals surface area contributed by atoms with Gasteiger partial charge in [-0.1, -0.05) is 20.8 Å². The Hall–Kier alpha value is -1.10. The summed E-state index contributed by atoms with van der Waals surface area (Å²) in [5.74, 6) is 0.692. The molecule has 0 radical (unpaired) electrons. The third kappa shape index (κ3) is 4.29. The van der Waals surface area contributed by atoms with Crippen molar-refractivity contribution >= 4 is 11.8 Å². The van der Waals surface area contributed by atoms with Gasteiger partial charge in [0.25, 0.3) is 0 Å². The monoisotopic (exact) mass is 335 g/mol. The van der Waals surface area contributed by atoms with Crippen molar-refractivity contribution in [1.29, 1.82) is 0 Å². The molecule has 5 heteroatoms. The zero-order chi connectivity index (χ0) is 17.3. The predicted octanol–water partition coefficient (Wildman–Crippen LogP) is 2.01.